The van der Waals surface area contributed by atoms with Crippen LogP contribution in [0, 0.1) is 11.6 Å². The van der Waals surface area contributed by atoms with E-state index in [1.165, 1.54) is 39.1 Å². The molecule has 0 aliphatic carbocycles. The Morgan fingerprint density at radius 3 is 2.47 bits per heavy atom. The molecular weight excluding hydrogens is 684 g/mol. The van der Waals surface area contributed by atoms with Crippen molar-refractivity contribution in [2.45, 2.75) is 37.8 Å². The van der Waals surface area contributed by atoms with Crippen molar-refractivity contribution >= 4 is 23.7 Å². The van der Waals surface area contributed by atoms with Gasteiger partial charge in [0, 0.05) is 70.9 Å². The molecule has 0 radical (unpaired) electrons. The Balaban J connectivity index is 1.16. The van der Waals surface area contributed by atoms with Gasteiger partial charge >= 0.3 is 6.03 Å². The number of phenolic OH excluding ortho intramolecular Hbond substituents is 1. The highest BCUT2D eigenvalue weighted by Crippen LogP contribution is 2.31. The summed E-state index contributed by atoms with van der Waals surface area (Å²) >= 11 is 0. The molecule has 1 aromatic heterocycles. The molecular formula is C38H45F2N9O4. The highest BCUT2D eigenvalue weighted by molar-refractivity contribution is 5.91. The maximum absolute atomic E-state index is 15.2. The van der Waals surface area contributed by atoms with Crippen LogP contribution >= 0.6 is 0 Å². The third-order valence-corrected chi connectivity index (χ3v) is 10.6. The number of hydrogen-bond acceptors (Lipinski definition) is 9. The molecule has 53 heavy (non-hydrogen) atoms. The number of hydrogen-bond donors (Lipinski definition) is 2. The maximum Gasteiger partial charge on any atom is 0.334 e. The van der Waals surface area contributed by atoms with E-state index in [0.717, 1.165) is 37.8 Å². The van der Waals surface area contributed by atoms with Crippen LogP contribution in [0.3, 0.4) is 0 Å². The van der Waals surface area contributed by atoms with Gasteiger partial charge < -0.3 is 30.0 Å². The number of aromatic nitrogens is 1. The highest BCUT2D eigenvalue weighted by Gasteiger charge is 2.51. The lowest BCUT2D eigenvalue weighted by Crippen LogP contribution is -2.76. The zero-order chi connectivity index (χ0) is 37.2. The fourth-order valence-electron chi connectivity index (χ4n) is 7.63. The van der Waals surface area contributed by atoms with Crippen LogP contribution in [0.25, 0.3) is 0 Å². The minimum Gasteiger partial charge on any atom is -0.508 e. The van der Waals surface area contributed by atoms with Crippen molar-refractivity contribution in [1.29, 1.82) is 0 Å². The number of fused-ring (bicyclic) bond motifs is 1. The Hall–Kier alpha value is -5.12. The van der Waals surface area contributed by atoms with Gasteiger partial charge in [-0.15, -0.1) is 6.58 Å². The predicted octanol–water partition coefficient (Wildman–Crippen LogP) is 2.24. The van der Waals surface area contributed by atoms with Crippen molar-refractivity contribution in [3.05, 3.63) is 102 Å². The SMILES string of the molecule is C=CCN1CC(=O)N2C(CN(Cc3ccc(F)c(N4CC(N5CCN(C)CC5)C4)n3)C(=O)[C@@H]2Cc2ccc(O)cc2F)N1C(=O)NCc1ccccc1. The fraction of sp³-hybridized carbons (Fsp3) is 0.421. The minimum absolute atomic E-state index is 0.0319. The summed E-state index contributed by atoms with van der Waals surface area (Å²) in [5.74, 6) is -2.11. The van der Waals surface area contributed by atoms with Gasteiger partial charge in [0.25, 0.3) is 0 Å². The van der Waals surface area contributed by atoms with Crippen LogP contribution in [0.4, 0.5) is 19.4 Å². The molecule has 15 heteroatoms. The summed E-state index contributed by atoms with van der Waals surface area (Å²) in [4.78, 5) is 56.5. The number of halogens is 2. The van der Waals surface area contributed by atoms with E-state index >= 15 is 8.78 Å². The molecule has 2 aromatic carbocycles. The van der Waals surface area contributed by atoms with Crippen LogP contribution in [-0.4, -0.2) is 142 Å². The zero-order valence-corrected chi connectivity index (χ0v) is 29.8. The molecule has 1 unspecified atom stereocenters. The number of nitrogens with one attached hydrogen (secondary N) is 1. The molecule has 2 atom stereocenters. The number of piperazine rings is 2. The molecule has 7 rings (SSSR count). The van der Waals surface area contributed by atoms with Gasteiger partial charge in [-0.1, -0.05) is 42.5 Å². The maximum atomic E-state index is 15.2. The van der Waals surface area contributed by atoms with Crippen molar-refractivity contribution in [3.8, 4) is 5.75 Å². The smallest absolute Gasteiger partial charge is 0.334 e. The van der Waals surface area contributed by atoms with E-state index in [9.17, 15) is 19.5 Å². The molecule has 0 bridgehead atoms. The molecule has 2 N–H and O–H groups in total. The van der Waals surface area contributed by atoms with Crippen molar-refractivity contribution in [3.63, 3.8) is 0 Å². The first-order valence-electron chi connectivity index (χ1n) is 18.0. The standard InChI is InChI=1S/C38H45F2N9O4/c1-3-13-47-25-35(51)48-33(18-27-9-11-30(50)19-32(27)40)37(52)46(24-34(48)49(47)38(53)41-20-26-7-5-4-6-8-26)21-28-10-12-31(39)36(42-28)45-22-29(23-45)44-16-14-43(2)15-17-44/h3-12,19,29,33-34,50H,1,13-18,20-25H2,2H3,(H,41,53)/t33-,34?/m0/s1. The number of hydrazine groups is 1. The first kappa shape index (κ1) is 36.2. The van der Waals surface area contributed by atoms with Gasteiger partial charge in [0.1, 0.15) is 23.8 Å². The van der Waals surface area contributed by atoms with E-state index in [1.54, 1.807) is 11.1 Å². The Morgan fingerprint density at radius 2 is 1.75 bits per heavy atom. The molecule has 4 amide bonds. The number of benzene rings is 2. The molecule has 4 aliphatic heterocycles. The van der Waals surface area contributed by atoms with Crippen LogP contribution in [0.5, 0.6) is 5.75 Å². The van der Waals surface area contributed by atoms with Crippen LogP contribution < -0.4 is 10.2 Å². The van der Waals surface area contributed by atoms with Crippen LogP contribution in [0.1, 0.15) is 16.8 Å². The van der Waals surface area contributed by atoms with Gasteiger partial charge in [-0.3, -0.25) is 14.5 Å². The van der Waals surface area contributed by atoms with E-state index in [1.807, 2.05) is 35.2 Å². The molecule has 13 nitrogen and oxygen atoms in total. The summed E-state index contributed by atoms with van der Waals surface area (Å²) < 4.78 is 30.4. The molecule has 4 aliphatic rings. The van der Waals surface area contributed by atoms with E-state index in [0.29, 0.717) is 24.8 Å². The number of nitrogens with zero attached hydrogens (tertiary/aromatic N) is 8. The number of carbonyl (C=O) groups is 3. The van der Waals surface area contributed by atoms with Gasteiger partial charge in [-0.05, 0) is 36.4 Å². The zero-order valence-electron chi connectivity index (χ0n) is 29.8. The second-order valence-corrected chi connectivity index (χ2v) is 14.1. The lowest BCUT2D eigenvalue weighted by Gasteiger charge is -2.55. The number of amides is 4. The summed E-state index contributed by atoms with van der Waals surface area (Å²) in [6, 6.07) is 14.6. The average Bonchev–Trinajstić information content (AvgIpc) is 3.12. The lowest BCUT2D eigenvalue weighted by atomic mass is 9.98. The number of phenols is 1. The predicted molar refractivity (Wildman–Crippen MR) is 193 cm³/mol. The first-order valence-corrected chi connectivity index (χ1v) is 18.0. The first-order chi connectivity index (χ1) is 25.6. The Morgan fingerprint density at radius 1 is 1.00 bits per heavy atom. The normalized spacial score (nSPS) is 21.8. The molecule has 4 saturated heterocycles. The molecule has 3 aromatic rings. The minimum atomic E-state index is -1.18. The summed E-state index contributed by atoms with van der Waals surface area (Å²) in [6.45, 7) is 9.09. The van der Waals surface area contributed by atoms with Crippen molar-refractivity contribution in [1.82, 2.24) is 39.9 Å². The number of pyridine rings is 1. The molecule has 4 fully saturated rings. The lowest BCUT2D eigenvalue weighted by molar-refractivity contribution is -0.189. The molecule has 5 heterocycles. The Bertz CT molecular complexity index is 1840. The topological polar surface area (TPSA) is 119 Å². The van der Waals surface area contributed by atoms with E-state index in [2.05, 4.69) is 33.7 Å². The number of aromatic hydroxyl groups is 1. The van der Waals surface area contributed by atoms with E-state index in [-0.39, 0.29) is 56.3 Å². The van der Waals surface area contributed by atoms with Crippen molar-refractivity contribution < 1.29 is 28.3 Å². The van der Waals surface area contributed by atoms with Gasteiger partial charge in [0.15, 0.2) is 11.6 Å². The van der Waals surface area contributed by atoms with Gasteiger partial charge in [0.2, 0.25) is 11.8 Å². The fourth-order valence-corrected chi connectivity index (χ4v) is 7.63. The number of likely N-dealkylation sites (N-methyl/N-ethyl adjacent to an activating group) is 1. The largest absolute Gasteiger partial charge is 0.508 e. The number of rotatable bonds is 10. The number of urea groups is 1. The monoisotopic (exact) mass is 729 g/mol. The number of carbonyl (C=O) groups excluding carboxylic acids is 3. The van der Waals surface area contributed by atoms with E-state index in [4.69, 9.17) is 0 Å². The van der Waals surface area contributed by atoms with Crippen LogP contribution in [0.15, 0.2) is 73.3 Å². The number of anilines is 1. The summed E-state index contributed by atoms with van der Waals surface area (Å²) in [5, 5.41) is 15.8. The molecule has 0 saturated carbocycles. The second-order valence-electron chi connectivity index (χ2n) is 14.1. The second kappa shape index (κ2) is 15.5. The van der Waals surface area contributed by atoms with Crippen LogP contribution in [0.2, 0.25) is 0 Å². The quantitative estimate of drug-likeness (QED) is 0.303. The summed E-state index contributed by atoms with van der Waals surface area (Å²) in [5.41, 5.74) is 1.43. The summed E-state index contributed by atoms with van der Waals surface area (Å²) in [6.07, 6.45) is 0.423. The van der Waals surface area contributed by atoms with Crippen molar-refractivity contribution in [2.24, 2.45) is 0 Å². The summed E-state index contributed by atoms with van der Waals surface area (Å²) in [7, 11) is 2.11. The van der Waals surface area contributed by atoms with Crippen molar-refractivity contribution in [2.75, 3.05) is 70.9 Å². The molecule has 280 valence electrons. The van der Waals surface area contributed by atoms with Crippen LogP contribution in [-0.2, 0) is 29.1 Å². The molecule has 0 spiro atoms. The van der Waals surface area contributed by atoms with Gasteiger partial charge in [0.05, 0.1) is 25.3 Å². The Kier molecular flexibility index (Phi) is 10.6. The Labute approximate surface area is 307 Å². The van der Waals surface area contributed by atoms with Gasteiger partial charge in [-0.25, -0.2) is 28.6 Å². The van der Waals surface area contributed by atoms with E-state index < -0.39 is 41.7 Å². The van der Waals surface area contributed by atoms with Gasteiger partial charge in [-0.2, -0.15) is 0 Å². The third-order valence-electron chi connectivity index (χ3n) is 10.6. The average molecular weight is 730 g/mol. The highest BCUT2D eigenvalue weighted by atomic mass is 19.1. The third kappa shape index (κ3) is 7.68.